The van der Waals surface area contributed by atoms with Gasteiger partial charge in [-0.25, -0.2) is 0 Å². The van der Waals surface area contributed by atoms with Crippen LogP contribution in [0.5, 0.6) is 0 Å². The standard InChI is InChI=1S/C78H77N3O9/c1-14-74(4,5)33-32-40(3)57-66(82)49-24-16-41-43-18-26-51-63-52(27-19-44(59(43)63)42-17-25-50(67(57)83)62(49)58(41)42)69(85)79(68(51)84)38-36-78(12,13)90-39-37-77(10,11)81-72(88)55-30-22-47-45-20-28-53-64-54(71(87)80(70(53)86)76(8,9)35-34-75(6,7)15-2)29-21-46(60(45)64)48-23-31-56(73(81)89)65(55)61(47)48/h16-31,40,82H,14-15,32-39H2,1-13H3. The molecule has 10 aromatic carbocycles. The highest BCUT2D eigenvalue weighted by Gasteiger charge is 2.46. The Bertz CT molecular complexity index is 4770. The van der Waals surface area contributed by atoms with E-state index in [1.165, 1.54) is 14.7 Å². The molecule has 0 saturated carbocycles. The van der Waals surface area contributed by atoms with Crippen molar-refractivity contribution in [3.63, 3.8) is 0 Å². The summed E-state index contributed by atoms with van der Waals surface area (Å²) in [6.07, 6.45) is 5.83. The van der Waals surface area contributed by atoms with Crippen LogP contribution in [0.3, 0.4) is 0 Å². The molecule has 3 heterocycles. The lowest BCUT2D eigenvalue weighted by Crippen LogP contribution is -2.53. The minimum Gasteiger partial charge on any atom is -0.507 e. The molecule has 14 rings (SSSR count). The van der Waals surface area contributed by atoms with Gasteiger partial charge in [0.05, 0.1) is 5.60 Å². The molecule has 90 heavy (non-hydrogen) atoms. The van der Waals surface area contributed by atoms with Crippen LogP contribution in [0.2, 0.25) is 0 Å². The maximum atomic E-state index is 14.9. The van der Waals surface area contributed by atoms with Crippen LogP contribution < -0.4 is 0 Å². The molecule has 10 aromatic rings. The molecule has 12 heteroatoms. The lowest BCUT2D eigenvalue weighted by Gasteiger charge is -2.41. The Morgan fingerprint density at radius 2 is 0.711 bits per heavy atom. The number of ether oxygens (including phenoxy) is 1. The predicted molar refractivity (Wildman–Crippen MR) is 359 cm³/mol. The Morgan fingerprint density at radius 3 is 1.09 bits per heavy atom. The number of nitrogens with zero attached hydrogens (tertiary/aromatic N) is 3. The van der Waals surface area contributed by atoms with Gasteiger partial charge in [0, 0.05) is 95.9 Å². The quantitative estimate of drug-likeness (QED) is 0.0501. The van der Waals surface area contributed by atoms with Crippen molar-refractivity contribution in [1.82, 2.24) is 14.7 Å². The number of benzene rings is 10. The zero-order valence-electron chi connectivity index (χ0n) is 53.9. The van der Waals surface area contributed by atoms with Gasteiger partial charge in [-0.1, -0.05) is 110 Å². The zero-order valence-corrected chi connectivity index (χ0v) is 53.9. The molecule has 0 saturated heterocycles. The summed E-state index contributed by atoms with van der Waals surface area (Å²) in [4.78, 5) is 107. The van der Waals surface area contributed by atoms with E-state index in [4.69, 9.17) is 4.74 Å². The van der Waals surface area contributed by atoms with Crippen molar-refractivity contribution in [2.24, 2.45) is 16.7 Å². The number of aliphatic hydroxyl groups excluding tert-OH is 1. The Kier molecular flexibility index (Phi) is 13.1. The highest BCUT2D eigenvalue weighted by atomic mass is 16.5. The minimum absolute atomic E-state index is 0.0358. The normalized spacial score (nSPS) is 16.4. The first-order chi connectivity index (χ1) is 42.5. The number of hydrogen-bond acceptors (Lipinski definition) is 9. The van der Waals surface area contributed by atoms with Gasteiger partial charge in [-0.2, -0.15) is 0 Å². The summed E-state index contributed by atoms with van der Waals surface area (Å²) in [5, 5.41) is 24.4. The molecule has 1 atom stereocenters. The third-order valence-corrected chi connectivity index (χ3v) is 21.9. The van der Waals surface area contributed by atoms with Crippen LogP contribution in [-0.4, -0.2) is 90.9 Å². The van der Waals surface area contributed by atoms with Crippen molar-refractivity contribution in [3.8, 4) is 0 Å². The van der Waals surface area contributed by atoms with Crippen LogP contribution in [0.25, 0.3) is 91.9 Å². The second kappa shape index (κ2) is 19.9. The minimum atomic E-state index is -1.01. The molecule has 0 spiro atoms. The van der Waals surface area contributed by atoms with Crippen LogP contribution in [0, 0.1) is 16.7 Å². The van der Waals surface area contributed by atoms with Gasteiger partial charge in [0.2, 0.25) is 0 Å². The van der Waals surface area contributed by atoms with E-state index in [0.717, 1.165) is 96.7 Å². The largest absolute Gasteiger partial charge is 0.507 e. The van der Waals surface area contributed by atoms with Crippen LogP contribution in [0.1, 0.15) is 219 Å². The second-order valence-electron chi connectivity index (χ2n) is 29.7. The molecular formula is C78H77N3O9. The first-order valence-electron chi connectivity index (χ1n) is 32.2. The number of amides is 6. The lowest BCUT2D eigenvalue weighted by molar-refractivity contribution is -0.0391. The van der Waals surface area contributed by atoms with E-state index >= 15 is 0 Å². The van der Waals surface area contributed by atoms with Gasteiger partial charge >= 0.3 is 0 Å². The van der Waals surface area contributed by atoms with Crippen molar-refractivity contribution in [3.05, 3.63) is 147 Å². The highest BCUT2D eigenvalue weighted by Crippen LogP contribution is 2.51. The van der Waals surface area contributed by atoms with Crippen LogP contribution >= 0.6 is 0 Å². The van der Waals surface area contributed by atoms with Gasteiger partial charge in [-0.15, -0.1) is 0 Å². The molecule has 1 unspecified atom stereocenters. The van der Waals surface area contributed by atoms with Crippen molar-refractivity contribution in [1.29, 1.82) is 0 Å². The summed E-state index contributed by atoms with van der Waals surface area (Å²) < 4.78 is 6.57. The van der Waals surface area contributed by atoms with Crippen molar-refractivity contribution in [2.75, 3.05) is 13.2 Å². The number of Topliss-reactive ketones (excluding diaryl/α,β-unsaturated/α-hetero) is 1. The third-order valence-electron chi connectivity index (χ3n) is 21.9. The van der Waals surface area contributed by atoms with Crippen LogP contribution in [0.4, 0.5) is 0 Å². The average Bonchev–Trinajstić information content (AvgIpc) is 0.697. The van der Waals surface area contributed by atoms with Crippen molar-refractivity contribution < 1.29 is 43.4 Å². The number of imide groups is 3. The molecule has 458 valence electrons. The monoisotopic (exact) mass is 1200 g/mol. The highest BCUT2D eigenvalue weighted by molar-refractivity contribution is 6.43. The molecular weight excluding hydrogens is 1120 g/mol. The van der Waals surface area contributed by atoms with E-state index in [2.05, 4.69) is 41.5 Å². The SMILES string of the molecule is CCC(C)(C)CCC(C)C1=C(O)c2ccc3c4ccc5c6c(ccc(c7ccc(c2c73)C1=O)c64)C(=O)N(CCC(C)(C)OCCC(C)(C)N1C(=O)c2ccc3c4ccc6c7c(ccc(c8ccc(c2c38)C1=O)c74)C(=O)N(C(C)(C)CCC(C)(C)CC)C6=O)C5=O. The summed E-state index contributed by atoms with van der Waals surface area (Å²) in [6, 6.07) is 30.2. The summed E-state index contributed by atoms with van der Waals surface area (Å²) in [7, 11) is 0. The first-order valence-corrected chi connectivity index (χ1v) is 32.2. The number of carbonyl (C=O) groups is 7. The predicted octanol–water partition coefficient (Wildman–Crippen LogP) is 17.9. The summed E-state index contributed by atoms with van der Waals surface area (Å²) in [6.45, 7) is 27.0. The van der Waals surface area contributed by atoms with Gasteiger partial charge < -0.3 is 9.84 Å². The maximum Gasteiger partial charge on any atom is 0.261 e. The number of ketones is 1. The average molecular weight is 1200 g/mol. The molecule has 1 aliphatic carbocycles. The van der Waals surface area contributed by atoms with Crippen LogP contribution in [0.15, 0.2) is 103 Å². The molecule has 0 bridgehead atoms. The van der Waals surface area contributed by atoms with E-state index in [9.17, 15) is 38.7 Å². The topological polar surface area (TPSA) is 159 Å². The molecule has 0 aromatic heterocycles. The molecule has 3 aliphatic heterocycles. The Balaban J connectivity index is 0.690. The Hall–Kier alpha value is -8.61. The maximum absolute atomic E-state index is 14.9. The molecule has 0 radical (unpaired) electrons. The van der Waals surface area contributed by atoms with Crippen molar-refractivity contribution in [2.45, 2.75) is 158 Å². The van der Waals surface area contributed by atoms with Gasteiger partial charge in [0.25, 0.3) is 35.4 Å². The van der Waals surface area contributed by atoms with Gasteiger partial charge in [0.15, 0.2) is 5.78 Å². The fourth-order valence-electron chi connectivity index (χ4n) is 15.4. The van der Waals surface area contributed by atoms with E-state index in [1.54, 1.807) is 24.3 Å². The summed E-state index contributed by atoms with van der Waals surface area (Å²) in [5.74, 6) is -2.50. The molecule has 1 N–H and O–H groups in total. The van der Waals surface area contributed by atoms with E-state index < -0.39 is 40.3 Å². The number of allylic oxidation sites excluding steroid dienone is 1. The third kappa shape index (κ3) is 8.44. The number of aliphatic hydroxyl groups is 1. The van der Waals surface area contributed by atoms with Gasteiger partial charge in [-0.3, -0.25) is 48.3 Å². The molecule has 4 aliphatic rings. The lowest BCUT2D eigenvalue weighted by atomic mass is 9.76. The van der Waals surface area contributed by atoms with E-state index in [-0.39, 0.29) is 53.3 Å². The van der Waals surface area contributed by atoms with Crippen LogP contribution in [-0.2, 0) is 4.74 Å². The zero-order chi connectivity index (χ0) is 64.0. The fraction of sp³-hybridized carbons (Fsp3) is 0.372. The number of fused-ring (bicyclic) bond motifs is 4. The molecule has 12 nitrogen and oxygen atoms in total. The second-order valence-corrected chi connectivity index (χ2v) is 29.7. The summed E-state index contributed by atoms with van der Waals surface area (Å²) in [5.41, 5.74) is 1.90. The number of carbonyl (C=O) groups excluding carboxylic acids is 7. The Labute approximate surface area is 523 Å². The van der Waals surface area contributed by atoms with Gasteiger partial charge in [0.1, 0.15) is 5.76 Å². The fourth-order valence-corrected chi connectivity index (χ4v) is 15.4. The van der Waals surface area contributed by atoms with E-state index in [1.807, 2.05) is 121 Å². The number of hydrogen-bond donors (Lipinski definition) is 1. The summed E-state index contributed by atoms with van der Waals surface area (Å²) >= 11 is 0. The van der Waals surface area contributed by atoms with Gasteiger partial charge in [-0.05, 0) is 210 Å². The smallest absolute Gasteiger partial charge is 0.261 e. The molecule has 0 fully saturated rings. The molecule has 6 amide bonds. The number of rotatable bonds is 18. The Morgan fingerprint density at radius 1 is 0.389 bits per heavy atom. The van der Waals surface area contributed by atoms with Crippen molar-refractivity contribution >= 4 is 133 Å². The first kappa shape index (κ1) is 59.0. The van der Waals surface area contributed by atoms with E-state index in [0.29, 0.717) is 90.9 Å².